The van der Waals surface area contributed by atoms with Crippen LogP contribution in [-0.4, -0.2) is 23.2 Å². The van der Waals surface area contributed by atoms with Crippen molar-refractivity contribution in [3.8, 4) is 0 Å². The molecule has 0 spiro atoms. The summed E-state index contributed by atoms with van der Waals surface area (Å²) in [7, 11) is 0. The van der Waals surface area contributed by atoms with Crippen molar-refractivity contribution in [2.45, 2.75) is 6.92 Å². The summed E-state index contributed by atoms with van der Waals surface area (Å²) in [6, 6.07) is 13.1. The van der Waals surface area contributed by atoms with E-state index in [1.54, 1.807) is 11.8 Å². The molecule has 0 aromatic heterocycles. The molecule has 0 bridgehead atoms. The van der Waals surface area contributed by atoms with Gasteiger partial charge in [-0.25, -0.2) is 0 Å². The maximum atomic E-state index is 4.52. The van der Waals surface area contributed by atoms with Crippen molar-refractivity contribution < 1.29 is 0 Å². The minimum Gasteiger partial charge on any atom is -0.318 e. The first-order valence-corrected chi connectivity index (χ1v) is 7.40. The Morgan fingerprint density at radius 2 is 1.95 bits per heavy atom. The second-order valence-electron chi connectivity index (χ2n) is 4.91. The van der Waals surface area contributed by atoms with Crippen LogP contribution in [0.4, 0.5) is 0 Å². The Morgan fingerprint density at radius 3 is 2.84 bits per heavy atom. The number of nitrogens with zero attached hydrogens (tertiary/aromatic N) is 2. The molecular weight excluding hydrogens is 252 g/mol. The smallest absolute Gasteiger partial charge is 0.168 e. The molecule has 0 fully saturated rings. The molecule has 19 heavy (non-hydrogen) atoms. The zero-order chi connectivity index (χ0) is 12.8. The number of rotatable bonds is 1. The van der Waals surface area contributed by atoms with Gasteiger partial charge in [-0.2, -0.15) is 0 Å². The summed E-state index contributed by atoms with van der Waals surface area (Å²) in [5, 5.41) is 6.06. The highest BCUT2D eigenvalue weighted by atomic mass is 32.2. The van der Waals surface area contributed by atoms with Gasteiger partial charge in [0.15, 0.2) is 5.17 Å². The van der Waals surface area contributed by atoms with Gasteiger partial charge in [0.25, 0.3) is 0 Å². The number of aryl methyl sites for hydroxylation is 1. The van der Waals surface area contributed by atoms with Gasteiger partial charge in [-0.1, -0.05) is 48.2 Å². The third-order valence-corrected chi connectivity index (χ3v) is 4.69. The molecule has 4 rings (SSSR count). The number of fused-ring (bicyclic) bond motifs is 2. The number of aliphatic imine (C=N–C) groups is 1. The SMILES string of the molecule is Cc1ccc(C2=CSC3=NCCN23)c2ccccc12. The highest BCUT2D eigenvalue weighted by Crippen LogP contribution is 2.38. The summed E-state index contributed by atoms with van der Waals surface area (Å²) in [4.78, 5) is 6.86. The second-order valence-corrected chi connectivity index (χ2v) is 5.75. The second kappa shape index (κ2) is 4.14. The molecule has 3 heteroatoms. The Labute approximate surface area is 116 Å². The van der Waals surface area contributed by atoms with Gasteiger partial charge < -0.3 is 4.90 Å². The van der Waals surface area contributed by atoms with E-state index < -0.39 is 0 Å². The molecular formula is C16H14N2S. The van der Waals surface area contributed by atoms with Gasteiger partial charge in [-0.3, -0.25) is 4.99 Å². The minimum atomic E-state index is 0.920. The lowest BCUT2D eigenvalue weighted by atomic mass is 9.98. The maximum absolute atomic E-state index is 4.52. The maximum Gasteiger partial charge on any atom is 0.168 e. The monoisotopic (exact) mass is 266 g/mol. The van der Waals surface area contributed by atoms with Crippen molar-refractivity contribution >= 4 is 33.4 Å². The molecule has 2 nitrogen and oxygen atoms in total. The molecule has 0 atom stereocenters. The number of benzene rings is 2. The van der Waals surface area contributed by atoms with Crippen LogP contribution in [0, 0.1) is 6.92 Å². The van der Waals surface area contributed by atoms with E-state index >= 15 is 0 Å². The molecule has 0 unspecified atom stereocenters. The van der Waals surface area contributed by atoms with Gasteiger partial charge in [0.1, 0.15) is 0 Å². The van der Waals surface area contributed by atoms with E-state index in [1.807, 2.05) is 0 Å². The van der Waals surface area contributed by atoms with E-state index in [0.29, 0.717) is 0 Å². The Balaban J connectivity index is 1.93. The topological polar surface area (TPSA) is 15.6 Å². The molecule has 2 aromatic rings. The summed E-state index contributed by atoms with van der Waals surface area (Å²) in [6.07, 6.45) is 0. The lowest BCUT2D eigenvalue weighted by Gasteiger charge is -2.18. The number of hydrogen-bond donors (Lipinski definition) is 0. The van der Waals surface area contributed by atoms with Gasteiger partial charge in [0, 0.05) is 17.5 Å². The summed E-state index contributed by atoms with van der Waals surface area (Å²) in [6.45, 7) is 4.10. The first-order chi connectivity index (χ1) is 9.34. The van der Waals surface area contributed by atoms with E-state index in [9.17, 15) is 0 Å². The Bertz CT molecular complexity index is 731. The first kappa shape index (κ1) is 11.1. The van der Waals surface area contributed by atoms with E-state index in [-0.39, 0.29) is 0 Å². The fourth-order valence-electron chi connectivity index (χ4n) is 2.81. The van der Waals surface area contributed by atoms with E-state index in [2.05, 4.69) is 58.6 Å². The molecule has 2 aromatic carbocycles. The van der Waals surface area contributed by atoms with Crippen molar-refractivity contribution in [1.82, 2.24) is 4.90 Å². The molecule has 0 radical (unpaired) electrons. The third-order valence-electron chi connectivity index (χ3n) is 3.79. The number of amidine groups is 1. The predicted octanol–water partition coefficient (Wildman–Crippen LogP) is 3.87. The van der Waals surface area contributed by atoms with Crippen LogP contribution >= 0.6 is 11.8 Å². The van der Waals surface area contributed by atoms with Crippen LogP contribution in [0.2, 0.25) is 0 Å². The van der Waals surface area contributed by atoms with Crippen LogP contribution in [-0.2, 0) is 0 Å². The summed E-state index contributed by atoms with van der Waals surface area (Å²) < 4.78 is 0. The van der Waals surface area contributed by atoms with Crippen LogP contribution < -0.4 is 0 Å². The molecule has 0 N–H and O–H groups in total. The standard InChI is InChI=1S/C16H14N2S/c1-11-6-7-14(13-5-3-2-4-12(11)13)15-10-19-16-17-8-9-18(15)16/h2-7,10H,8-9H2,1H3. The number of hydrogen-bond acceptors (Lipinski definition) is 3. The molecule has 0 saturated carbocycles. The lowest BCUT2D eigenvalue weighted by molar-refractivity contribution is 0.650. The molecule has 94 valence electrons. The van der Waals surface area contributed by atoms with Crippen LogP contribution in [0.25, 0.3) is 16.5 Å². The molecule has 2 aliphatic rings. The Kier molecular flexibility index (Phi) is 2.42. The van der Waals surface area contributed by atoms with Crippen LogP contribution in [0.5, 0.6) is 0 Å². The van der Waals surface area contributed by atoms with Crippen molar-refractivity contribution in [2.24, 2.45) is 4.99 Å². The van der Waals surface area contributed by atoms with Gasteiger partial charge in [-0.05, 0) is 23.3 Å². The van der Waals surface area contributed by atoms with E-state index in [4.69, 9.17) is 0 Å². The zero-order valence-electron chi connectivity index (χ0n) is 10.8. The normalized spacial score (nSPS) is 17.6. The van der Waals surface area contributed by atoms with Crippen molar-refractivity contribution in [3.63, 3.8) is 0 Å². The summed E-state index contributed by atoms with van der Waals surface area (Å²) in [5.41, 5.74) is 3.96. The van der Waals surface area contributed by atoms with Crippen molar-refractivity contribution in [2.75, 3.05) is 13.1 Å². The fourth-order valence-corrected chi connectivity index (χ4v) is 3.76. The fraction of sp³-hybridized carbons (Fsp3) is 0.188. The van der Waals surface area contributed by atoms with Gasteiger partial charge in [0.2, 0.25) is 0 Å². The van der Waals surface area contributed by atoms with Crippen LogP contribution in [0.1, 0.15) is 11.1 Å². The van der Waals surface area contributed by atoms with Gasteiger partial charge >= 0.3 is 0 Å². The third kappa shape index (κ3) is 1.61. The summed E-state index contributed by atoms with van der Waals surface area (Å²) >= 11 is 1.74. The van der Waals surface area contributed by atoms with Gasteiger partial charge in [-0.15, -0.1) is 0 Å². The van der Waals surface area contributed by atoms with Crippen LogP contribution in [0.15, 0.2) is 46.8 Å². The predicted molar refractivity (Wildman–Crippen MR) is 83.3 cm³/mol. The largest absolute Gasteiger partial charge is 0.318 e. The lowest BCUT2D eigenvalue weighted by Crippen LogP contribution is -2.20. The highest BCUT2D eigenvalue weighted by molar-refractivity contribution is 8.16. The zero-order valence-corrected chi connectivity index (χ0v) is 11.6. The molecule has 2 heterocycles. The van der Waals surface area contributed by atoms with E-state index in [1.165, 1.54) is 27.6 Å². The molecule has 0 saturated heterocycles. The number of thioether (sulfide) groups is 1. The quantitative estimate of drug-likeness (QED) is 0.778. The van der Waals surface area contributed by atoms with Crippen LogP contribution in [0.3, 0.4) is 0 Å². The molecule has 2 aliphatic heterocycles. The van der Waals surface area contributed by atoms with E-state index in [0.717, 1.165) is 18.3 Å². The Morgan fingerprint density at radius 1 is 1.11 bits per heavy atom. The average molecular weight is 266 g/mol. The van der Waals surface area contributed by atoms with Crippen molar-refractivity contribution in [1.29, 1.82) is 0 Å². The first-order valence-electron chi connectivity index (χ1n) is 6.52. The van der Waals surface area contributed by atoms with Crippen molar-refractivity contribution in [3.05, 3.63) is 52.9 Å². The van der Waals surface area contributed by atoms with Gasteiger partial charge in [0.05, 0.1) is 12.2 Å². The Hall–Kier alpha value is -1.74. The summed E-state index contributed by atoms with van der Waals surface area (Å²) in [5.74, 6) is 0. The molecule has 0 aliphatic carbocycles. The molecule has 0 amide bonds. The minimum absolute atomic E-state index is 0.920. The average Bonchev–Trinajstić information content (AvgIpc) is 3.03. The highest BCUT2D eigenvalue weighted by Gasteiger charge is 2.27.